The molecule has 1 unspecified atom stereocenters. The standard InChI is InChI=1S/C20H29N3O2S2/c1-6-15(7-2)12-26-20-23-22-19(27-20)21-18(24)16(8-3)25-17-10-9-13(4)11-14(17)5/h9-11,15-16H,6-8,12H2,1-5H3,(H,21,22,24). The van der Waals surface area contributed by atoms with Crippen molar-refractivity contribution in [2.24, 2.45) is 5.92 Å². The van der Waals surface area contributed by atoms with Gasteiger partial charge in [-0.3, -0.25) is 10.1 Å². The van der Waals surface area contributed by atoms with Crippen LogP contribution in [0.3, 0.4) is 0 Å². The second-order valence-electron chi connectivity index (χ2n) is 6.64. The van der Waals surface area contributed by atoms with Crippen LogP contribution in [0, 0.1) is 19.8 Å². The Morgan fingerprint density at radius 1 is 1.19 bits per heavy atom. The van der Waals surface area contributed by atoms with Crippen molar-refractivity contribution >= 4 is 34.1 Å². The zero-order valence-corrected chi connectivity index (χ0v) is 18.4. The zero-order valence-electron chi connectivity index (χ0n) is 16.7. The minimum atomic E-state index is -0.559. The van der Waals surface area contributed by atoms with E-state index >= 15 is 0 Å². The Bertz CT molecular complexity index is 745. The topological polar surface area (TPSA) is 64.1 Å². The van der Waals surface area contributed by atoms with Gasteiger partial charge in [0.15, 0.2) is 10.4 Å². The molecule has 2 aromatic rings. The summed E-state index contributed by atoms with van der Waals surface area (Å²) in [6.07, 6.45) is 2.35. The number of nitrogens with zero attached hydrogens (tertiary/aromatic N) is 2. The van der Waals surface area contributed by atoms with Gasteiger partial charge in [-0.2, -0.15) is 0 Å². The molecule has 0 fully saturated rings. The van der Waals surface area contributed by atoms with E-state index in [1.807, 2.05) is 39.0 Å². The van der Waals surface area contributed by atoms with E-state index in [-0.39, 0.29) is 5.91 Å². The molecule has 0 aliphatic heterocycles. The lowest BCUT2D eigenvalue weighted by atomic mass is 10.1. The summed E-state index contributed by atoms with van der Waals surface area (Å²) < 4.78 is 6.83. The number of aromatic nitrogens is 2. The summed E-state index contributed by atoms with van der Waals surface area (Å²) >= 11 is 3.12. The number of hydrogen-bond donors (Lipinski definition) is 1. The molecule has 5 nitrogen and oxygen atoms in total. The number of aryl methyl sites for hydroxylation is 2. The fraction of sp³-hybridized carbons (Fsp3) is 0.550. The van der Waals surface area contributed by atoms with Crippen LogP contribution in [0.4, 0.5) is 5.13 Å². The van der Waals surface area contributed by atoms with E-state index in [9.17, 15) is 4.79 Å². The molecule has 1 atom stereocenters. The summed E-state index contributed by atoms with van der Waals surface area (Å²) in [5, 5.41) is 11.6. The number of amides is 1. The second kappa shape index (κ2) is 10.7. The van der Waals surface area contributed by atoms with Crippen LogP contribution in [0.1, 0.15) is 51.2 Å². The smallest absolute Gasteiger partial charge is 0.267 e. The van der Waals surface area contributed by atoms with Gasteiger partial charge < -0.3 is 4.74 Å². The Labute approximate surface area is 170 Å². The molecule has 7 heteroatoms. The fourth-order valence-electron chi connectivity index (χ4n) is 2.63. The molecule has 0 spiro atoms. The van der Waals surface area contributed by atoms with Crippen LogP contribution < -0.4 is 10.1 Å². The third kappa shape index (κ3) is 6.50. The summed E-state index contributed by atoms with van der Waals surface area (Å²) in [7, 11) is 0. The van der Waals surface area contributed by atoms with Crippen molar-refractivity contribution < 1.29 is 9.53 Å². The number of ether oxygens (including phenoxy) is 1. The molecular formula is C20H29N3O2S2. The lowest BCUT2D eigenvalue weighted by molar-refractivity contribution is -0.122. The lowest BCUT2D eigenvalue weighted by Gasteiger charge is -2.18. The first-order chi connectivity index (χ1) is 13.0. The molecular weight excluding hydrogens is 378 g/mol. The zero-order chi connectivity index (χ0) is 19.8. The van der Waals surface area contributed by atoms with E-state index in [2.05, 4.69) is 29.4 Å². The van der Waals surface area contributed by atoms with Crippen LogP contribution in [-0.4, -0.2) is 28.0 Å². The predicted molar refractivity (Wildman–Crippen MR) is 114 cm³/mol. The third-order valence-corrected chi connectivity index (χ3v) is 6.70. The highest BCUT2D eigenvalue weighted by molar-refractivity contribution is 8.01. The minimum absolute atomic E-state index is 0.190. The second-order valence-corrected chi connectivity index (χ2v) is 8.88. The summed E-state index contributed by atoms with van der Waals surface area (Å²) in [6, 6.07) is 5.95. The van der Waals surface area contributed by atoms with Gasteiger partial charge in [-0.1, -0.05) is 74.4 Å². The molecule has 0 radical (unpaired) electrons. The lowest BCUT2D eigenvalue weighted by Crippen LogP contribution is -2.32. The number of anilines is 1. The van der Waals surface area contributed by atoms with Crippen LogP contribution in [0.5, 0.6) is 5.75 Å². The van der Waals surface area contributed by atoms with E-state index in [4.69, 9.17) is 4.74 Å². The Kier molecular flexibility index (Phi) is 8.57. The van der Waals surface area contributed by atoms with Crippen molar-refractivity contribution in [3.05, 3.63) is 29.3 Å². The maximum atomic E-state index is 12.6. The first-order valence-corrected chi connectivity index (χ1v) is 11.3. The molecule has 0 aliphatic carbocycles. The van der Waals surface area contributed by atoms with Crippen molar-refractivity contribution in [3.63, 3.8) is 0 Å². The van der Waals surface area contributed by atoms with Crippen molar-refractivity contribution in [1.82, 2.24) is 10.2 Å². The van der Waals surface area contributed by atoms with Crippen molar-refractivity contribution in [1.29, 1.82) is 0 Å². The van der Waals surface area contributed by atoms with Crippen LogP contribution in [-0.2, 0) is 4.79 Å². The summed E-state index contributed by atoms with van der Waals surface area (Å²) in [6.45, 7) is 10.4. The average molecular weight is 408 g/mol. The summed E-state index contributed by atoms with van der Waals surface area (Å²) in [5.41, 5.74) is 2.20. The Hall–Kier alpha value is -1.60. The molecule has 0 bridgehead atoms. The van der Waals surface area contributed by atoms with Crippen molar-refractivity contribution in [2.75, 3.05) is 11.1 Å². The maximum absolute atomic E-state index is 12.6. The molecule has 148 valence electrons. The molecule has 2 rings (SSSR count). The molecule has 27 heavy (non-hydrogen) atoms. The Morgan fingerprint density at radius 3 is 2.56 bits per heavy atom. The van der Waals surface area contributed by atoms with Crippen molar-refractivity contribution in [3.8, 4) is 5.75 Å². The highest BCUT2D eigenvalue weighted by Crippen LogP contribution is 2.29. The molecule has 1 amide bonds. The monoisotopic (exact) mass is 407 g/mol. The van der Waals surface area contributed by atoms with Gasteiger partial charge in [-0.15, -0.1) is 10.2 Å². The molecule has 0 aliphatic rings. The van der Waals surface area contributed by atoms with E-state index in [1.54, 1.807) is 11.8 Å². The van der Waals surface area contributed by atoms with Gasteiger partial charge in [0, 0.05) is 5.75 Å². The summed E-state index contributed by atoms with van der Waals surface area (Å²) in [5.74, 6) is 2.27. The number of thioether (sulfide) groups is 1. The summed E-state index contributed by atoms with van der Waals surface area (Å²) in [4.78, 5) is 12.6. The highest BCUT2D eigenvalue weighted by Gasteiger charge is 2.21. The van der Waals surface area contributed by atoms with Gasteiger partial charge in [-0.05, 0) is 37.8 Å². The van der Waals surface area contributed by atoms with E-state index in [0.29, 0.717) is 17.5 Å². The fourth-order valence-corrected chi connectivity index (χ4v) is 4.73. The van der Waals surface area contributed by atoms with Gasteiger partial charge >= 0.3 is 0 Å². The first kappa shape index (κ1) is 21.7. The number of carbonyl (C=O) groups is 1. The molecule has 0 saturated carbocycles. The SMILES string of the molecule is CCC(CC)CSc1nnc(NC(=O)C(CC)Oc2ccc(C)cc2C)s1. The number of benzene rings is 1. The van der Waals surface area contributed by atoms with Gasteiger partial charge in [-0.25, -0.2) is 0 Å². The van der Waals surface area contributed by atoms with Crippen LogP contribution in [0.15, 0.2) is 22.5 Å². The van der Waals surface area contributed by atoms with Gasteiger partial charge in [0.2, 0.25) is 5.13 Å². The van der Waals surface area contributed by atoms with E-state index in [0.717, 1.165) is 21.4 Å². The minimum Gasteiger partial charge on any atom is -0.480 e. The first-order valence-electron chi connectivity index (χ1n) is 9.47. The van der Waals surface area contributed by atoms with Gasteiger partial charge in [0.25, 0.3) is 5.91 Å². The van der Waals surface area contributed by atoms with Crippen LogP contribution >= 0.6 is 23.1 Å². The molecule has 1 N–H and O–H groups in total. The number of nitrogens with one attached hydrogen (secondary N) is 1. The largest absolute Gasteiger partial charge is 0.480 e. The molecule has 1 aromatic heterocycles. The van der Waals surface area contributed by atoms with Crippen LogP contribution in [0.2, 0.25) is 0 Å². The normalized spacial score (nSPS) is 12.2. The average Bonchev–Trinajstić information content (AvgIpc) is 3.09. The molecule has 0 saturated heterocycles. The van der Waals surface area contributed by atoms with Gasteiger partial charge in [0.1, 0.15) is 5.75 Å². The maximum Gasteiger partial charge on any atom is 0.267 e. The van der Waals surface area contributed by atoms with Gasteiger partial charge in [0.05, 0.1) is 0 Å². The Balaban J connectivity index is 1.94. The van der Waals surface area contributed by atoms with E-state index in [1.165, 1.54) is 29.7 Å². The highest BCUT2D eigenvalue weighted by atomic mass is 32.2. The van der Waals surface area contributed by atoms with E-state index < -0.39 is 6.10 Å². The third-order valence-electron chi connectivity index (χ3n) is 4.50. The quantitative estimate of drug-likeness (QED) is 0.417. The predicted octanol–water partition coefficient (Wildman–Crippen LogP) is 5.48. The number of hydrogen-bond acceptors (Lipinski definition) is 6. The number of carbonyl (C=O) groups excluding carboxylic acids is 1. The number of rotatable bonds is 10. The molecule has 1 aromatic carbocycles. The van der Waals surface area contributed by atoms with Crippen LogP contribution in [0.25, 0.3) is 0 Å². The molecule has 1 heterocycles. The van der Waals surface area contributed by atoms with Crippen molar-refractivity contribution in [2.45, 2.75) is 64.3 Å². The Morgan fingerprint density at radius 2 is 1.93 bits per heavy atom.